The third-order valence-electron chi connectivity index (χ3n) is 6.41. The fourth-order valence-corrected chi connectivity index (χ4v) is 6.52. The lowest BCUT2D eigenvalue weighted by atomic mass is 9.68. The van der Waals surface area contributed by atoms with Gasteiger partial charge in [0.05, 0.1) is 0 Å². The molecule has 0 aromatic rings. The molecule has 20 heavy (non-hydrogen) atoms. The molecule has 1 heteroatoms. The van der Waals surface area contributed by atoms with Crippen molar-refractivity contribution in [2.75, 3.05) is 6.16 Å². The Labute approximate surface area is 129 Å². The third kappa shape index (κ3) is 4.46. The average Bonchev–Trinajstić information content (AvgIpc) is 2.61. The first-order valence-electron chi connectivity index (χ1n) is 9.41. The fraction of sp³-hybridized carbons (Fsp3) is 1.00. The second kappa shape index (κ2) is 8.17. The van der Waals surface area contributed by atoms with Crippen molar-refractivity contribution >= 4 is 8.58 Å². The van der Waals surface area contributed by atoms with Crippen molar-refractivity contribution in [2.24, 2.45) is 5.41 Å². The van der Waals surface area contributed by atoms with Crippen LogP contribution in [-0.2, 0) is 0 Å². The lowest BCUT2D eigenvalue weighted by Gasteiger charge is -2.48. The maximum atomic E-state index is 2.68. The van der Waals surface area contributed by atoms with E-state index in [0.717, 1.165) is 0 Å². The summed E-state index contributed by atoms with van der Waals surface area (Å²) in [7, 11) is 1.22. The van der Waals surface area contributed by atoms with Gasteiger partial charge in [-0.25, -0.2) is 0 Å². The van der Waals surface area contributed by atoms with E-state index in [9.17, 15) is 0 Å². The molecule has 1 heterocycles. The molecule has 0 spiro atoms. The van der Waals surface area contributed by atoms with Crippen LogP contribution in [0.1, 0.15) is 104 Å². The molecule has 0 amide bonds. The Morgan fingerprint density at radius 3 is 1.60 bits per heavy atom. The van der Waals surface area contributed by atoms with Gasteiger partial charge in [0.1, 0.15) is 0 Å². The van der Waals surface area contributed by atoms with E-state index in [0.29, 0.717) is 10.6 Å². The Balaban J connectivity index is 2.07. The minimum Gasteiger partial charge on any atom is -0.115 e. The highest BCUT2D eigenvalue weighted by molar-refractivity contribution is 7.40. The molecule has 1 saturated carbocycles. The van der Waals surface area contributed by atoms with Gasteiger partial charge < -0.3 is 0 Å². The van der Waals surface area contributed by atoms with Crippen LogP contribution >= 0.6 is 8.58 Å². The van der Waals surface area contributed by atoms with Crippen LogP contribution in [0.3, 0.4) is 0 Å². The molecule has 0 aromatic carbocycles. The molecule has 2 unspecified atom stereocenters. The smallest absolute Gasteiger partial charge is 0.00964 e. The topological polar surface area (TPSA) is 0 Å². The van der Waals surface area contributed by atoms with Gasteiger partial charge in [-0.05, 0) is 42.4 Å². The molecule has 2 atom stereocenters. The average molecular weight is 296 g/mol. The van der Waals surface area contributed by atoms with Crippen LogP contribution in [-0.4, -0.2) is 11.3 Å². The minimum absolute atomic E-state index is 0.639. The summed E-state index contributed by atoms with van der Waals surface area (Å²) in [5, 5.41) is 0.654. The summed E-state index contributed by atoms with van der Waals surface area (Å²) in [5.74, 6) is 0. The van der Waals surface area contributed by atoms with Crippen LogP contribution in [0.15, 0.2) is 0 Å². The van der Waals surface area contributed by atoms with Crippen molar-refractivity contribution in [2.45, 2.75) is 109 Å². The molecule has 1 aliphatic heterocycles. The van der Waals surface area contributed by atoms with Crippen LogP contribution in [0.25, 0.3) is 0 Å². The first-order valence-corrected chi connectivity index (χ1v) is 10.6. The van der Waals surface area contributed by atoms with Crippen LogP contribution in [0, 0.1) is 5.41 Å². The number of hydrogen-bond acceptors (Lipinski definition) is 0. The van der Waals surface area contributed by atoms with Crippen LogP contribution in [0.5, 0.6) is 0 Å². The maximum absolute atomic E-state index is 2.68. The van der Waals surface area contributed by atoms with E-state index in [4.69, 9.17) is 0 Å². The highest BCUT2D eigenvalue weighted by Gasteiger charge is 2.42. The fourth-order valence-electron chi connectivity index (χ4n) is 4.52. The van der Waals surface area contributed by atoms with Gasteiger partial charge in [-0.15, -0.1) is 8.58 Å². The molecule has 0 N–H and O–H groups in total. The Morgan fingerprint density at radius 1 is 0.550 bits per heavy atom. The summed E-state index contributed by atoms with van der Waals surface area (Å²) in [6.45, 7) is 5.35. The highest BCUT2D eigenvalue weighted by Crippen LogP contribution is 2.55. The van der Waals surface area contributed by atoms with E-state index >= 15 is 0 Å². The number of hydrogen-bond donors (Lipinski definition) is 0. The van der Waals surface area contributed by atoms with Gasteiger partial charge in [-0.2, -0.15) is 0 Å². The summed E-state index contributed by atoms with van der Waals surface area (Å²) < 4.78 is 0. The Hall–Kier alpha value is 0.430. The predicted molar refractivity (Wildman–Crippen MR) is 94.3 cm³/mol. The van der Waals surface area contributed by atoms with Gasteiger partial charge in [-0.3, -0.25) is 0 Å². The molecule has 118 valence electrons. The summed E-state index contributed by atoms with van der Waals surface area (Å²) in [5.41, 5.74) is 0.639. The van der Waals surface area contributed by atoms with Crippen molar-refractivity contribution in [1.82, 2.24) is 0 Å². The summed E-state index contributed by atoms with van der Waals surface area (Å²) in [4.78, 5) is 0. The Kier molecular flexibility index (Phi) is 6.86. The van der Waals surface area contributed by atoms with E-state index in [1.54, 1.807) is 0 Å². The third-order valence-corrected chi connectivity index (χ3v) is 8.65. The van der Waals surface area contributed by atoms with Gasteiger partial charge in [0.15, 0.2) is 0 Å². The molecule has 0 aromatic heterocycles. The molecule has 2 aliphatic rings. The second-order valence-corrected chi connectivity index (χ2v) is 9.92. The van der Waals surface area contributed by atoms with Gasteiger partial charge in [0.2, 0.25) is 0 Å². The van der Waals surface area contributed by atoms with Crippen molar-refractivity contribution in [3.8, 4) is 0 Å². The minimum atomic E-state index is 0.639. The first kappa shape index (κ1) is 16.8. The molecule has 2 rings (SSSR count). The van der Waals surface area contributed by atoms with Crippen LogP contribution in [0.4, 0.5) is 0 Å². The summed E-state index contributed by atoms with van der Waals surface area (Å²) >= 11 is 0. The highest BCUT2D eigenvalue weighted by atomic mass is 31.1. The lowest BCUT2D eigenvalue weighted by molar-refractivity contribution is 0.174. The van der Waals surface area contributed by atoms with E-state index in [1.165, 1.54) is 105 Å². The van der Waals surface area contributed by atoms with E-state index in [1.807, 2.05) is 0 Å². The molecule has 1 saturated heterocycles. The zero-order valence-electron chi connectivity index (χ0n) is 14.1. The van der Waals surface area contributed by atoms with Gasteiger partial charge in [0.25, 0.3) is 0 Å². The van der Waals surface area contributed by atoms with Gasteiger partial charge in [0, 0.05) is 0 Å². The quantitative estimate of drug-likeness (QED) is 0.461. The number of rotatable bonds is 1. The normalized spacial score (nSPS) is 35.1. The predicted octanol–water partition coefficient (Wildman–Crippen LogP) is 6.92. The molecular weight excluding hydrogens is 259 g/mol. The van der Waals surface area contributed by atoms with Crippen LogP contribution < -0.4 is 0 Å². The van der Waals surface area contributed by atoms with E-state index < -0.39 is 0 Å². The zero-order valence-corrected chi connectivity index (χ0v) is 15.1. The van der Waals surface area contributed by atoms with Gasteiger partial charge in [-0.1, -0.05) is 78.1 Å². The van der Waals surface area contributed by atoms with Crippen molar-refractivity contribution < 1.29 is 0 Å². The lowest BCUT2D eigenvalue weighted by Crippen LogP contribution is -2.40. The van der Waals surface area contributed by atoms with Crippen molar-refractivity contribution in [3.63, 3.8) is 0 Å². The summed E-state index contributed by atoms with van der Waals surface area (Å²) in [6, 6.07) is 0. The molecule has 0 nitrogen and oxygen atoms in total. The molecular formula is C19H37P. The van der Waals surface area contributed by atoms with Crippen LogP contribution in [0.2, 0.25) is 0 Å². The van der Waals surface area contributed by atoms with Crippen molar-refractivity contribution in [3.05, 3.63) is 0 Å². The Bertz CT molecular complexity index is 223. The van der Waals surface area contributed by atoms with E-state index in [2.05, 4.69) is 13.8 Å². The molecule has 1 aliphatic carbocycles. The Morgan fingerprint density at radius 2 is 1.00 bits per heavy atom. The summed E-state index contributed by atoms with van der Waals surface area (Å²) in [6.07, 6.45) is 22.5. The van der Waals surface area contributed by atoms with Gasteiger partial charge >= 0.3 is 0 Å². The second-order valence-electron chi connectivity index (χ2n) is 7.96. The molecule has 2 fully saturated rings. The monoisotopic (exact) mass is 296 g/mol. The van der Waals surface area contributed by atoms with Crippen molar-refractivity contribution in [1.29, 1.82) is 0 Å². The molecule has 0 bridgehead atoms. The van der Waals surface area contributed by atoms with E-state index in [-0.39, 0.29) is 0 Å². The first-order chi connectivity index (χ1) is 9.66. The molecule has 0 radical (unpaired) electrons. The largest absolute Gasteiger partial charge is 0.115 e. The zero-order chi connectivity index (χ0) is 14.3. The maximum Gasteiger partial charge on any atom is -0.00964 e. The standard InChI is InChI=1S/C19H37P/c1-18(14-10-6-3-4-7-11-15-18)19(2)16-12-8-5-9-13-17-20-19/h20H,3-17H2,1-2H3. The SMILES string of the molecule is CC1(C2(C)CCCCCCCP2)CCCCCCCC1.